The molecule has 0 unspecified atom stereocenters. The van der Waals surface area contributed by atoms with Crippen molar-refractivity contribution < 1.29 is 4.74 Å². The predicted octanol–water partition coefficient (Wildman–Crippen LogP) is 4.83. The van der Waals surface area contributed by atoms with Gasteiger partial charge in [0.1, 0.15) is 5.75 Å². The molecule has 0 amide bonds. The van der Waals surface area contributed by atoms with Crippen LogP contribution < -0.4 is 10.1 Å². The monoisotopic (exact) mass is 337 g/mol. The number of hydrogen-bond donors (Lipinski definition) is 1. The number of halogens is 1. The van der Waals surface area contributed by atoms with E-state index in [0.29, 0.717) is 6.61 Å². The van der Waals surface area contributed by atoms with Crippen LogP contribution in [0.4, 0.5) is 0 Å². The van der Waals surface area contributed by atoms with Crippen LogP contribution in [0.1, 0.15) is 44.6 Å². The summed E-state index contributed by atoms with van der Waals surface area (Å²) in [7, 11) is 0. The molecule has 0 aromatic heterocycles. The zero-order valence-corrected chi connectivity index (χ0v) is 13.8. The first-order chi connectivity index (χ1) is 9.79. The van der Waals surface area contributed by atoms with Crippen molar-refractivity contribution in [3.8, 4) is 5.75 Å². The first kappa shape index (κ1) is 15.6. The average Bonchev–Trinajstić information content (AvgIpc) is 2.48. The van der Waals surface area contributed by atoms with Gasteiger partial charge in [0.2, 0.25) is 0 Å². The van der Waals surface area contributed by atoms with Gasteiger partial charge in [-0.05, 0) is 79.2 Å². The lowest BCUT2D eigenvalue weighted by Gasteiger charge is -2.13. The molecule has 2 rings (SSSR count). The maximum Gasteiger partial charge on any atom is 0.133 e. The molecule has 1 aliphatic carbocycles. The molecule has 0 aliphatic heterocycles. The van der Waals surface area contributed by atoms with Crippen molar-refractivity contribution in [3.05, 3.63) is 39.9 Å². The third kappa shape index (κ3) is 4.95. The van der Waals surface area contributed by atoms with E-state index in [1.807, 2.05) is 13.0 Å². The largest absolute Gasteiger partial charge is 0.493 e. The summed E-state index contributed by atoms with van der Waals surface area (Å²) >= 11 is 3.56. The fraction of sp³-hybridized carbons (Fsp3) is 0.529. The highest BCUT2D eigenvalue weighted by Crippen LogP contribution is 2.26. The molecule has 1 aromatic rings. The van der Waals surface area contributed by atoms with Gasteiger partial charge in [-0.25, -0.2) is 0 Å². The number of benzene rings is 1. The minimum Gasteiger partial charge on any atom is -0.493 e. The fourth-order valence-corrected chi connectivity index (χ4v) is 3.08. The third-order valence-electron chi connectivity index (χ3n) is 3.63. The van der Waals surface area contributed by atoms with Crippen LogP contribution in [0.5, 0.6) is 5.75 Å². The summed E-state index contributed by atoms with van der Waals surface area (Å²) in [6.07, 6.45) is 8.95. The van der Waals surface area contributed by atoms with Crippen molar-refractivity contribution >= 4 is 15.9 Å². The van der Waals surface area contributed by atoms with E-state index in [4.69, 9.17) is 4.74 Å². The Labute approximate surface area is 130 Å². The highest BCUT2D eigenvalue weighted by Gasteiger charge is 2.04. The smallest absolute Gasteiger partial charge is 0.133 e. The van der Waals surface area contributed by atoms with Gasteiger partial charge in [-0.1, -0.05) is 17.7 Å². The summed E-state index contributed by atoms with van der Waals surface area (Å²) in [5, 5.41) is 3.53. The zero-order valence-electron chi connectivity index (χ0n) is 12.3. The molecule has 0 fully saturated rings. The van der Waals surface area contributed by atoms with Gasteiger partial charge < -0.3 is 10.1 Å². The van der Waals surface area contributed by atoms with Gasteiger partial charge in [0.25, 0.3) is 0 Å². The molecule has 0 saturated carbocycles. The quantitative estimate of drug-likeness (QED) is 0.568. The molecule has 1 N–H and O–H groups in total. The summed E-state index contributed by atoms with van der Waals surface area (Å²) in [6, 6.07) is 6.30. The molecular formula is C17H24BrNO. The molecular weight excluding hydrogens is 314 g/mol. The van der Waals surface area contributed by atoms with Crippen LogP contribution in [0, 0.1) is 0 Å². The average molecular weight is 338 g/mol. The highest BCUT2D eigenvalue weighted by molar-refractivity contribution is 9.10. The Morgan fingerprint density at radius 1 is 1.30 bits per heavy atom. The van der Waals surface area contributed by atoms with E-state index in [0.717, 1.165) is 23.3 Å². The van der Waals surface area contributed by atoms with Crippen molar-refractivity contribution in [2.24, 2.45) is 0 Å². The first-order valence-corrected chi connectivity index (χ1v) is 8.38. The number of allylic oxidation sites excluding steroid dienone is 1. The second-order valence-corrected chi connectivity index (χ2v) is 6.09. The maximum atomic E-state index is 5.52. The van der Waals surface area contributed by atoms with E-state index in [-0.39, 0.29) is 0 Å². The third-order valence-corrected chi connectivity index (χ3v) is 4.25. The van der Waals surface area contributed by atoms with Crippen molar-refractivity contribution in [2.75, 3.05) is 13.2 Å². The minimum atomic E-state index is 0.700. The van der Waals surface area contributed by atoms with E-state index in [2.05, 4.69) is 39.5 Å². The van der Waals surface area contributed by atoms with E-state index in [1.165, 1.54) is 37.7 Å². The molecule has 0 saturated heterocycles. The molecule has 110 valence electrons. The molecule has 0 radical (unpaired) electrons. The second-order valence-electron chi connectivity index (χ2n) is 5.23. The van der Waals surface area contributed by atoms with Crippen LogP contribution in [0.25, 0.3) is 0 Å². The van der Waals surface area contributed by atoms with Crippen molar-refractivity contribution in [2.45, 2.75) is 45.6 Å². The Morgan fingerprint density at radius 3 is 2.90 bits per heavy atom. The van der Waals surface area contributed by atoms with Gasteiger partial charge >= 0.3 is 0 Å². The van der Waals surface area contributed by atoms with Crippen molar-refractivity contribution in [1.29, 1.82) is 0 Å². The summed E-state index contributed by atoms with van der Waals surface area (Å²) in [6.45, 7) is 4.68. The Balaban J connectivity index is 1.73. The van der Waals surface area contributed by atoms with Gasteiger partial charge in [-0.15, -0.1) is 0 Å². The molecule has 20 heavy (non-hydrogen) atoms. The normalized spacial score (nSPS) is 15.0. The van der Waals surface area contributed by atoms with Crippen LogP contribution in [0.3, 0.4) is 0 Å². The molecule has 1 aromatic carbocycles. The van der Waals surface area contributed by atoms with Crippen LogP contribution in [0.15, 0.2) is 34.3 Å². The standard InChI is InChI=1S/C17H24BrNO/c1-2-20-17-9-8-15(12-16(17)18)13-19-11-10-14-6-4-3-5-7-14/h6,8-9,12,19H,2-5,7,10-11,13H2,1H3. The topological polar surface area (TPSA) is 21.3 Å². The molecule has 2 nitrogen and oxygen atoms in total. The Kier molecular flexibility index (Phi) is 6.61. The molecule has 3 heteroatoms. The van der Waals surface area contributed by atoms with Crippen LogP contribution in [-0.2, 0) is 6.54 Å². The Morgan fingerprint density at radius 2 is 2.20 bits per heavy atom. The summed E-state index contributed by atoms with van der Waals surface area (Å²) in [5.41, 5.74) is 2.93. The van der Waals surface area contributed by atoms with Gasteiger partial charge in [0, 0.05) is 6.54 Å². The summed E-state index contributed by atoms with van der Waals surface area (Å²) < 4.78 is 6.56. The van der Waals surface area contributed by atoms with Gasteiger partial charge in [0.05, 0.1) is 11.1 Å². The van der Waals surface area contributed by atoms with E-state index >= 15 is 0 Å². The molecule has 0 atom stereocenters. The van der Waals surface area contributed by atoms with Gasteiger partial charge in [-0.2, -0.15) is 0 Å². The van der Waals surface area contributed by atoms with Crippen LogP contribution >= 0.6 is 15.9 Å². The Hall–Kier alpha value is -0.800. The fourth-order valence-electron chi connectivity index (χ4n) is 2.54. The van der Waals surface area contributed by atoms with E-state index < -0.39 is 0 Å². The maximum absolute atomic E-state index is 5.52. The summed E-state index contributed by atoms with van der Waals surface area (Å²) in [4.78, 5) is 0. The molecule has 0 spiro atoms. The van der Waals surface area contributed by atoms with Crippen LogP contribution in [-0.4, -0.2) is 13.2 Å². The number of rotatable bonds is 7. The lowest BCUT2D eigenvalue weighted by atomic mass is 9.97. The lowest BCUT2D eigenvalue weighted by Crippen LogP contribution is -2.15. The first-order valence-electron chi connectivity index (χ1n) is 7.59. The molecule has 0 bridgehead atoms. The SMILES string of the molecule is CCOc1ccc(CNCCC2=CCCCC2)cc1Br. The lowest BCUT2D eigenvalue weighted by molar-refractivity contribution is 0.338. The van der Waals surface area contributed by atoms with Gasteiger partial charge in [-0.3, -0.25) is 0 Å². The zero-order chi connectivity index (χ0) is 14.2. The van der Waals surface area contributed by atoms with Gasteiger partial charge in [0.15, 0.2) is 0 Å². The molecule has 0 heterocycles. The number of nitrogens with one attached hydrogen (secondary N) is 1. The van der Waals surface area contributed by atoms with E-state index in [9.17, 15) is 0 Å². The van der Waals surface area contributed by atoms with Crippen LogP contribution in [0.2, 0.25) is 0 Å². The number of hydrogen-bond acceptors (Lipinski definition) is 2. The summed E-state index contributed by atoms with van der Waals surface area (Å²) in [5.74, 6) is 0.920. The van der Waals surface area contributed by atoms with Crippen molar-refractivity contribution in [1.82, 2.24) is 5.32 Å². The highest BCUT2D eigenvalue weighted by atomic mass is 79.9. The number of ether oxygens (including phenoxy) is 1. The van der Waals surface area contributed by atoms with Crippen molar-refractivity contribution in [3.63, 3.8) is 0 Å². The van der Waals surface area contributed by atoms with E-state index in [1.54, 1.807) is 5.57 Å². The predicted molar refractivity (Wildman–Crippen MR) is 88.2 cm³/mol. The molecule has 1 aliphatic rings. The minimum absolute atomic E-state index is 0.700. The Bertz CT molecular complexity index is 456. The second kappa shape index (κ2) is 8.48.